The topological polar surface area (TPSA) is 66.3 Å². The number of nitrogens with zero attached hydrogens (tertiary/aromatic N) is 4. The molecule has 1 N–H and O–H groups in total. The normalized spacial score (nSPS) is 14.8. The molecule has 5 heterocycles. The predicted octanol–water partition coefficient (Wildman–Crippen LogP) is 3.07. The van der Waals surface area contributed by atoms with Crippen molar-refractivity contribution < 1.29 is 0 Å². The Labute approximate surface area is 157 Å². The van der Waals surface area contributed by atoms with Crippen molar-refractivity contribution >= 4 is 27.6 Å². The first kappa shape index (κ1) is 15.9. The summed E-state index contributed by atoms with van der Waals surface area (Å²) in [5.74, 6) is 0.684. The second-order valence-corrected chi connectivity index (χ2v) is 8.30. The van der Waals surface area contributed by atoms with Gasteiger partial charge in [0.25, 0.3) is 5.56 Å². The van der Waals surface area contributed by atoms with Crippen LogP contribution >= 0.6 is 22.7 Å². The summed E-state index contributed by atoms with van der Waals surface area (Å²) in [6.45, 7) is 4.35. The van der Waals surface area contributed by atoms with Gasteiger partial charge in [-0.1, -0.05) is 6.07 Å². The molecule has 0 saturated heterocycles. The number of hydrogen-bond donors (Lipinski definition) is 1. The van der Waals surface area contributed by atoms with Gasteiger partial charge in [0.05, 0.1) is 27.5 Å². The van der Waals surface area contributed by atoms with E-state index in [1.165, 1.54) is 5.69 Å². The Hall–Kier alpha value is -2.29. The Kier molecular flexibility index (Phi) is 3.77. The SMILES string of the molecule is Cc1nc2sccn2c1CN1CCc2nc(-c3cccs3)[nH]c(=O)c2C1. The molecule has 6 nitrogen and oxygen atoms in total. The Morgan fingerprint density at radius 3 is 3.04 bits per heavy atom. The number of aromatic nitrogens is 4. The highest BCUT2D eigenvalue weighted by Gasteiger charge is 2.23. The molecular weight excluding hydrogens is 366 g/mol. The summed E-state index contributed by atoms with van der Waals surface area (Å²) in [5, 5.41) is 4.05. The molecule has 1 aliphatic rings. The zero-order valence-corrected chi connectivity index (χ0v) is 15.9. The van der Waals surface area contributed by atoms with Gasteiger partial charge in [0, 0.05) is 37.6 Å². The van der Waals surface area contributed by atoms with Gasteiger partial charge in [0.15, 0.2) is 10.8 Å². The van der Waals surface area contributed by atoms with Crippen LogP contribution in [0.1, 0.15) is 22.6 Å². The van der Waals surface area contributed by atoms with Gasteiger partial charge in [0.2, 0.25) is 0 Å². The highest BCUT2D eigenvalue weighted by Crippen LogP contribution is 2.24. The van der Waals surface area contributed by atoms with E-state index in [9.17, 15) is 4.79 Å². The molecule has 26 heavy (non-hydrogen) atoms. The van der Waals surface area contributed by atoms with Crippen LogP contribution in [0.15, 0.2) is 33.9 Å². The lowest BCUT2D eigenvalue weighted by molar-refractivity contribution is 0.238. The van der Waals surface area contributed by atoms with Crippen LogP contribution in [0.4, 0.5) is 0 Å². The second kappa shape index (κ2) is 6.15. The van der Waals surface area contributed by atoms with Crippen molar-refractivity contribution in [1.82, 2.24) is 24.3 Å². The molecule has 0 saturated carbocycles. The third-order valence-electron chi connectivity index (χ3n) is 4.84. The molecule has 0 aliphatic carbocycles. The standard InChI is InChI=1S/C18H17N5OS2/c1-11-14(23-6-8-26-18(23)19-11)10-22-5-4-13-12(9-22)17(24)21-16(20-13)15-3-2-7-25-15/h2-3,6-8H,4-5,9-10H2,1H3,(H,20,21,24). The molecule has 0 bridgehead atoms. The van der Waals surface area contributed by atoms with Crippen LogP contribution in [0, 0.1) is 6.92 Å². The van der Waals surface area contributed by atoms with Crippen LogP contribution < -0.4 is 5.56 Å². The Morgan fingerprint density at radius 1 is 1.27 bits per heavy atom. The van der Waals surface area contributed by atoms with Gasteiger partial charge in [-0.15, -0.1) is 22.7 Å². The van der Waals surface area contributed by atoms with Crippen molar-refractivity contribution in [3.63, 3.8) is 0 Å². The number of nitrogens with one attached hydrogen (secondary N) is 1. The zero-order chi connectivity index (χ0) is 17.7. The van der Waals surface area contributed by atoms with Gasteiger partial charge < -0.3 is 4.98 Å². The average Bonchev–Trinajstić information content (AvgIpc) is 3.35. The van der Waals surface area contributed by atoms with Gasteiger partial charge in [-0.05, 0) is 18.4 Å². The third kappa shape index (κ3) is 2.61. The maximum Gasteiger partial charge on any atom is 0.255 e. The number of imidazole rings is 1. The summed E-state index contributed by atoms with van der Waals surface area (Å²) < 4.78 is 2.15. The molecular formula is C18H17N5OS2. The van der Waals surface area contributed by atoms with E-state index in [0.717, 1.165) is 46.3 Å². The Bertz CT molecular complexity index is 1140. The number of thiophene rings is 1. The Balaban J connectivity index is 1.44. The number of thiazole rings is 1. The molecule has 0 fully saturated rings. The number of aromatic amines is 1. The summed E-state index contributed by atoms with van der Waals surface area (Å²) >= 11 is 3.24. The molecule has 4 aromatic rings. The van der Waals surface area contributed by atoms with E-state index < -0.39 is 0 Å². The lowest BCUT2D eigenvalue weighted by atomic mass is 10.1. The lowest BCUT2D eigenvalue weighted by Gasteiger charge is -2.27. The fourth-order valence-electron chi connectivity index (χ4n) is 3.49. The van der Waals surface area contributed by atoms with E-state index in [-0.39, 0.29) is 5.56 Å². The molecule has 0 amide bonds. The molecule has 4 aromatic heterocycles. The fraction of sp³-hybridized carbons (Fsp3) is 0.278. The highest BCUT2D eigenvalue weighted by atomic mass is 32.1. The van der Waals surface area contributed by atoms with Crippen LogP contribution in [-0.4, -0.2) is 30.8 Å². The number of H-pyrrole nitrogens is 1. The molecule has 0 spiro atoms. The third-order valence-corrected chi connectivity index (χ3v) is 6.47. The first-order chi connectivity index (χ1) is 12.7. The minimum absolute atomic E-state index is 0.0196. The number of fused-ring (bicyclic) bond motifs is 2. The zero-order valence-electron chi connectivity index (χ0n) is 14.2. The number of aryl methyl sites for hydroxylation is 1. The van der Waals surface area contributed by atoms with E-state index in [1.54, 1.807) is 22.7 Å². The highest BCUT2D eigenvalue weighted by molar-refractivity contribution is 7.15. The van der Waals surface area contributed by atoms with E-state index in [2.05, 4.69) is 37.8 Å². The maximum absolute atomic E-state index is 12.6. The van der Waals surface area contributed by atoms with Crippen LogP contribution in [-0.2, 0) is 19.5 Å². The molecule has 8 heteroatoms. The van der Waals surface area contributed by atoms with Crippen molar-refractivity contribution in [3.8, 4) is 10.7 Å². The van der Waals surface area contributed by atoms with E-state index in [1.807, 2.05) is 17.5 Å². The Morgan fingerprint density at radius 2 is 2.19 bits per heavy atom. The van der Waals surface area contributed by atoms with E-state index in [0.29, 0.717) is 12.4 Å². The van der Waals surface area contributed by atoms with Crippen LogP contribution in [0.3, 0.4) is 0 Å². The second-order valence-electron chi connectivity index (χ2n) is 6.48. The van der Waals surface area contributed by atoms with Gasteiger partial charge >= 0.3 is 0 Å². The minimum Gasteiger partial charge on any atom is -0.306 e. The van der Waals surface area contributed by atoms with Crippen LogP contribution in [0.2, 0.25) is 0 Å². The van der Waals surface area contributed by atoms with Crippen LogP contribution in [0.25, 0.3) is 15.7 Å². The lowest BCUT2D eigenvalue weighted by Crippen LogP contribution is -2.35. The monoisotopic (exact) mass is 383 g/mol. The first-order valence-corrected chi connectivity index (χ1v) is 10.2. The average molecular weight is 384 g/mol. The summed E-state index contributed by atoms with van der Waals surface area (Å²) in [6.07, 6.45) is 2.86. The fourth-order valence-corrected chi connectivity index (χ4v) is 4.94. The van der Waals surface area contributed by atoms with Gasteiger partial charge in [0.1, 0.15) is 0 Å². The van der Waals surface area contributed by atoms with Crippen molar-refractivity contribution in [3.05, 3.63) is 62.1 Å². The van der Waals surface area contributed by atoms with E-state index in [4.69, 9.17) is 4.98 Å². The summed E-state index contributed by atoms with van der Waals surface area (Å²) in [6, 6.07) is 3.96. The quantitative estimate of drug-likeness (QED) is 0.590. The molecule has 1 aliphatic heterocycles. The molecule has 132 valence electrons. The van der Waals surface area contributed by atoms with Crippen molar-refractivity contribution in [2.45, 2.75) is 26.4 Å². The molecule has 5 rings (SSSR count). The molecule has 0 aromatic carbocycles. The van der Waals surface area contributed by atoms with Gasteiger partial charge in [-0.3, -0.25) is 14.1 Å². The largest absolute Gasteiger partial charge is 0.306 e. The number of hydrogen-bond acceptors (Lipinski definition) is 6. The van der Waals surface area contributed by atoms with E-state index >= 15 is 0 Å². The minimum atomic E-state index is -0.0196. The van der Waals surface area contributed by atoms with Gasteiger partial charge in [-0.25, -0.2) is 9.97 Å². The van der Waals surface area contributed by atoms with Gasteiger partial charge in [-0.2, -0.15) is 0 Å². The molecule has 0 unspecified atom stereocenters. The molecule has 0 atom stereocenters. The summed E-state index contributed by atoms with van der Waals surface area (Å²) in [5.41, 5.74) is 3.96. The smallest absolute Gasteiger partial charge is 0.255 e. The summed E-state index contributed by atoms with van der Waals surface area (Å²) in [4.78, 5) is 29.3. The van der Waals surface area contributed by atoms with Crippen molar-refractivity contribution in [2.75, 3.05) is 6.54 Å². The van der Waals surface area contributed by atoms with Crippen molar-refractivity contribution in [2.24, 2.45) is 0 Å². The predicted molar refractivity (Wildman–Crippen MR) is 104 cm³/mol. The van der Waals surface area contributed by atoms with Crippen molar-refractivity contribution in [1.29, 1.82) is 0 Å². The number of rotatable bonds is 3. The first-order valence-electron chi connectivity index (χ1n) is 8.48. The maximum atomic E-state index is 12.6. The molecule has 0 radical (unpaired) electrons. The van der Waals surface area contributed by atoms with Crippen LogP contribution in [0.5, 0.6) is 0 Å². The summed E-state index contributed by atoms with van der Waals surface area (Å²) in [7, 11) is 0.